The fourth-order valence-corrected chi connectivity index (χ4v) is 2.07. The van der Waals surface area contributed by atoms with Gasteiger partial charge in [-0.1, -0.05) is 32.0 Å². The second kappa shape index (κ2) is 5.45. The van der Waals surface area contributed by atoms with Gasteiger partial charge in [0.25, 0.3) is 0 Å². The molecule has 1 aromatic rings. The molecule has 1 heterocycles. The van der Waals surface area contributed by atoms with Gasteiger partial charge < -0.3 is 11.1 Å². The van der Waals surface area contributed by atoms with Gasteiger partial charge in [0.05, 0.1) is 17.6 Å². The molecule has 4 heteroatoms. The summed E-state index contributed by atoms with van der Waals surface area (Å²) >= 11 is 4.88. The highest BCUT2D eigenvalue weighted by Gasteiger charge is 2.24. The number of rotatable bonds is 6. The third kappa shape index (κ3) is 3.66. The summed E-state index contributed by atoms with van der Waals surface area (Å²) in [4.78, 5) is 4.58. The van der Waals surface area contributed by atoms with Crippen molar-refractivity contribution in [2.45, 2.75) is 38.6 Å². The van der Waals surface area contributed by atoms with Crippen molar-refractivity contribution in [2.75, 3.05) is 5.32 Å². The average Bonchev–Trinajstić information content (AvgIpc) is 3.13. The zero-order valence-electron chi connectivity index (χ0n) is 10.1. The molecule has 0 amide bonds. The van der Waals surface area contributed by atoms with Gasteiger partial charge in [0.1, 0.15) is 4.99 Å². The molecule has 1 aliphatic carbocycles. The lowest BCUT2D eigenvalue weighted by atomic mass is 10.1. The monoisotopic (exact) mass is 249 g/mol. The van der Waals surface area contributed by atoms with E-state index < -0.39 is 0 Å². The zero-order chi connectivity index (χ0) is 12.3. The molecule has 0 bridgehead atoms. The largest absolute Gasteiger partial charge is 0.388 e. The molecule has 0 saturated heterocycles. The Hall–Kier alpha value is -1.16. The molecule has 1 atom stereocenters. The summed E-state index contributed by atoms with van der Waals surface area (Å²) in [6.45, 7) is 2.22. The number of anilines is 1. The van der Waals surface area contributed by atoms with E-state index in [9.17, 15) is 0 Å². The lowest BCUT2D eigenvalue weighted by Crippen LogP contribution is -2.19. The Kier molecular flexibility index (Phi) is 3.94. The van der Waals surface area contributed by atoms with E-state index in [2.05, 4.69) is 17.2 Å². The molecule has 3 nitrogen and oxygen atoms in total. The fourth-order valence-electron chi connectivity index (χ4n) is 1.94. The van der Waals surface area contributed by atoms with Gasteiger partial charge in [-0.15, -0.1) is 0 Å². The van der Waals surface area contributed by atoms with E-state index >= 15 is 0 Å². The Morgan fingerprint density at radius 1 is 1.59 bits per heavy atom. The number of hydrogen-bond acceptors (Lipinski definition) is 3. The van der Waals surface area contributed by atoms with Gasteiger partial charge >= 0.3 is 0 Å². The minimum absolute atomic E-state index is 0.349. The SMILES string of the molecule is CCC(CC1CC1)Nc1ccc(C(N)=S)nc1. The van der Waals surface area contributed by atoms with Crippen LogP contribution in [0.25, 0.3) is 0 Å². The minimum atomic E-state index is 0.349. The standard InChI is InChI=1S/C13H19N3S/c1-2-10(7-9-3-4-9)16-11-5-6-12(13(14)17)15-8-11/h5-6,8-10,16H,2-4,7H2,1H3,(H2,14,17). The lowest BCUT2D eigenvalue weighted by Gasteiger charge is -2.17. The van der Waals surface area contributed by atoms with Gasteiger partial charge in [0.2, 0.25) is 0 Å². The van der Waals surface area contributed by atoms with Crippen molar-refractivity contribution in [2.24, 2.45) is 11.7 Å². The molecular formula is C13H19N3S. The predicted molar refractivity (Wildman–Crippen MR) is 75.2 cm³/mol. The Morgan fingerprint density at radius 2 is 2.35 bits per heavy atom. The third-order valence-electron chi connectivity index (χ3n) is 3.19. The van der Waals surface area contributed by atoms with Crippen molar-refractivity contribution >= 4 is 22.9 Å². The van der Waals surface area contributed by atoms with Crippen molar-refractivity contribution in [3.8, 4) is 0 Å². The van der Waals surface area contributed by atoms with Gasteiger partial charge in [-0.3, -0.25) is 4.98 Å². The first-order valence-corrected chi connectivity index (χ1v) is 6.62. The fraction of sp³-hybridized carbons (Fsp3) is 0.538. The molecule has 0 aliphatic heterocycles. The van der Waals surface area contributed by atoms with Gasteiger partial charge in [-0.2, -0.15) is 0 Å². The van der Waals surface area contributed by atoms with Crippen LogP contribution >= 0.6 is 12.2 Å². The van der Waals surface area contributed by atoms with E-state index in [1.54, 1.807) is 0 Å². The van der Waals surface area contributed by atoms with Crippen molar-refractivity contribution in [1.29, 1.82) is 0 Å². The smallest absolute Gasteiger partial charge is 0.122 e. The van der Waals surface area contributed by atoms with Crippen molar-refractivity contribution in [3.63, 3.8) is 0 Å². The summed E-state index contributed by atoms with van der Waals surface area (Å²) in [5.41, 5.74) is 7.25. The Labute approximate surface area is 108 Å². The first-order chi connectivity index (χ1) is 8.19. The van der Waals surface area contributed by atoms with Crippen LogP contribution < -0.4 is 11.1 Å². The van der Waals surface area contributed by atoms with Crippen LogP contribution in [0.2, 0.25) is 0 Å². The predicted octanol–water partition coefficient (Wildman–Crippen LogP) is 2.71. The highest BCUT2D eigenvalue weighted by atomic mass is 32.1. The first-order valence-electron chi connectivity index (χ1n) is 6.21. The quantitative estimate of drug-likeness (QED) is 0.761. The maximum Gasteiger partial charge on any atom is 0.122 e. The molecule has 2 rings (SSSR count). The maximum atomic E-state index is 5.51. The zero-order valence-corrected chi connectivity index (χ0v) is 11.0. The number of thiocarbonyl (C=S) groups is 1. The van der Waals surface area contributed by atoms with E-state index in [1.165, 1.54) is 19.3 Å². The maximum absolute atomic E-state index is 5.51. The van der Waals surface area contributed by atoms with E-state index in [0.717, 1.165) is 18.0 Å². The second-order valence-corrected chi connectivity index (χ2v) is 5.16. The molecule has 0 radical (unpaired) electrons. The summed E-state index contributed by atoms with van der Waals surface area (Å²) in [6.07, 6.45) is 7.03. The number of hydrogen-bond donors (Lipinski definition) is 2. The molecule has 0 aromatic carbocycles. The van der Waals surface area contributed by atoms with Crippen LogP contribution in [-0.2, 0) is 0 Å². The first kappa shape index (κ1) is 12.3. The van der Waals surface area contributed by atoms with Crippen molar-refractivity contribution in [1.82, 2.24) is 4.98 Å². The second-order valence-electron chi connectivity index (χ2n) is 4.72. The van der Waals surface area contributed by atoms with Crippen molar-refractivity contribution in [3.05, 3.63) is 24.0 Å². The van der Waals surface area contributed by atoms with Crippen LogP contribution in [0.4, 0.5) is 5.69 Å². The highest BCUT2D eigenvalue weighted by molar-refractivity contribution is 7.80. The van der Waals surface area contributed by atoms with Crippen LogP contribution in [0, 0.1) is 5.92 Å². The summed E-state index contributed by atoms with van der Waals surface area (Å²) in [7, 11) is 0. The highest BCUT2D eigenvalue weighted by Crippen LogP contribution is 2.34. The molecular weight excluding hydrogens is 230 g/mol. The van der Waals surface area contributed by atoms with E-state index in [4.69, 9.17) is 18.0 Å². The Bertz CT molecular complexity index is 384. The number of nitrogens with two attached hydrogens (primary N) is 1. The van der Waals surface area contributed by atoms with Gasteiger partial charge in [0.15, 0.2) is 0 Å². The van der Waals surface area contributed by atoms with Crippen LogP contribution in [0.1, 0.15) is 38.3 Å². The van der Waals surface area contributed by atoms with Crippen LogP contribution in [0.15, 0.2) is 18.3 Å². The average molecular weight is 249 g/mol. The number of nitrogens with zero attached hydrogens (tertiary/aromatic N) is 1. The summed E-state index contributed by atoms with van der Waals surface area (Å²) in [5.74, 6) is 0.941. The molecule has 3 N–H and O–H groups in total. The molecule has 92 valence electrons. The summed E-state index contributed by atoms with van der Waals surface area (Å²) < 4.78 is 0. The minimum Gasteiger partial charge on any atom is -0.388 e. The van der Waals surface area contributed by atoms with Gasteiger partial charge in [0, 0.05) is 6.04 Å². The van der Waals surface area contributed by atoms with Gasteiger partial charge in [-0.25, -0.2) is 0 Å². The van der Waals surface area contributed by atoms with E-state index in [0.29, 0.717) is 16.7 Å². The summed E-state index contributed by atoms with van der Waals surface area (Å²) in [5, 5.41) is 3.52. The van der Waals surface area contributed by atoms with E-state index in [-0.39, 0.29) is 0 Å². The molecule has 1 saturated carbocycles. The molecule has 1 unspecified atom stereocenters. The Balaban J connectivity index is 1.94. The van der Waals surface area contributed by atoms with Crippen LogP contribution in [-0.4, -0.2) is 16.0 Å². The lowest BCUT2D eigenvalue weighted by molar-refractivity contribution is 0.587. The molecule has 0 spiro atoms. The topological polar surface area (TPSA) is 50.9 Å². The third-order valence-corrected chi connectivity index (χ3v) is 3.40. The molecule has 17 heavy (non-hydrogen) atoms. The molecule has 1 fully saturated rings. The van der Waals surface area contributed by atoms with Crippen molar-refractivity contribution < 1.29 is 0 Å². The normalized spacial score (nSPS) is 16.5. The van der Waals surface area contributed by atoms with Crippen LogP contribution in [0.3, 0.4) is 0 Å². The number of pyridine rings is 1. The summed E-state index contributed by atoms with van der Waals surface area (Å²) in [6, 6.07) is 4.42. The molecule has 1 aromatic heterocycles. The molecule has 1 aliphatic rings. The Morgan fingerprint density at radius 3 is 2.82 bits per heavy atom. The van der Waals surface area contributed by atoms with Crippen LogP contribution in [0.5, 0.6) is 0 Å². The number of nitrogens with one attached hydrogen (secondary N) is 1. The number of aromatic nitrogens is 1. The van der Waals surface area contributed by atoms with Gasteiger partial charge in [-0.05, 0) is 30.9 Å². The van der Waals surface area contributed by atoms with E-state index in [1.807, 2.05) is 18.3 Å².